The highest BCUT2D eigenvalue weighted by molar-refractivity contribution is 14.1. The molecule has 74 valence electrons. The standard InChI is InChI=1S/C7H2F3IN2O/c8-7(9,10)14-6-1-4(2-12)5(11)3-13-6/h1,3H. The summed E-state index contributed by atoms with van der Waals surface area (Å²) in [6, 6.07) is 2.67. The molecule has 1 heterocycles. The van der Waals surface area contributed by atoms with Crippen molar-refractivity contribution in [2.24, 2.45) is 0 Å². The van der Waals surface area contributed by atoms with Gasteiger partial charge in [0.2, 0.25) is 5.88 Å². The fourth-order valence-corrected chi connectivity index (χ4v) is 1.10. The molecule has 0 amide bonds. The van der Waals surface area contributed by atoms with Crippen LogP contribution in [0.3, 0.4) is 0 Å². The van der Waals surface area contributed by atoms with Gasteiger partial charge < -0.3 is 4.74 Å². The molecule has 0 fully saturated rings. The van der Waals surface area contributed by atoms with Gasteiger partial charge in [0, 0.05) is 15.8 Å². The van der Waals surface area contributed by atoms with Crippen molar-refractivity contribution in [2.75, 3.05) is 0 Å². The summed E-state index contributed by atoms with van der Waals surface area (Å²) in [5.74, 6) is -0.630. The molecule has 0 unspecified atom stereocenters. The quantitative estimate of drug-likeness (QED) is 0.748. The number of halogens is 4. The molecule has 0 aliphatic carbocycles. The van der Waals surface area contributed by atoms with Crippen LogP contribution in [-0.2, 0) is 0 Å². The maximum absolute atomic E-state index is 11.7. The maximum Gasteiger partial charge on any atom is 0.574 e. The first-order valence-corrected chi connectivity index (χ1v) is 4.31. The Morgan fingerprint density at radius 1 is 1.50 bits per heavy atom. The van der Waals surface area contributed by atoms with E-state index >= 15 is 0 Å². The average molecular weight is 314 g/mol. The van der Waals surface area contributed by atoms with Crippen molar-refractivity contribution in [3.05, 3.63) is 21.4 Å². The van der Waals surface area contributed by atoms with Gasteiger partial charge in [-0.3, -0.25) is 0 Å². The van der Waals surface area contributed by atoms with Crippen molar-refractivity contribution in [3.63, 3.8) is 0 Å². The van der Waals surface area contributed by atoms with Gasteiger partial charge in [-0.1, -0.05) is 0 Å². The Morgan fingerprint density at radius 2 is 2.14 bits per heavy atom. The molecule has 0 N–H and O–H groups in total. The Bertz CT molecular complexity index is 386. The number of aromatic nitrogens is 1. The van der Waals surface area contributed by atoms with Crippen LogP contribution in [0.1, 0.15) is 5.56 Å². The van der Waals surface area contributed by atoms with Crippen LogP contribution < -0.4 is 4.74 Å². The Morgan fingerprint density at radius 3 is 2.64 bits per heavy atom. The molecule has 1 aromatic rings. The van der Waals surface area contributed by atoms with Gasteiger partial charge in [0.15, 0.2) is 0 Å². The number of ether oxygens (including phenoxy) is 1. The van der Waals surface area contributed by atoms with E-state index in [-0.39, 0.29) is 5.56 Å². The molecule has 0 saturated carbocycles. The third kappa shape index (κ3) is 3.02. The SMILES string of the molecule is N#Cc1cc(OC(F)(F)F)ncc1I. The van der Waals surface area contributed by atoms with Crippen molar-refractivity contribution < 1.29 is 17.9 Å². The molecular formula is C7H2F3IN2O. The van der Waals surface area contributed by atoms with Crippen LogP contribution in [0.5, 0.6) is 5.88 Å². The van der Waals surface area contributed by atoms with E-state index in [1.807, 2.05) is 0 Å². The molecule has 0 aliphatic heterocycles. The second-order valence-electron chi connectivity index (χ2n) is 2.16. The van der Waals surface area contributed by atoms with Crippen molar-refractivity contribution in [1.82, 2.24) is 4.98 Å². The van der Waals surface area contributed by atoms with Crippen molar-refractivity contribution in [1.29, 1.82) is 5.26 Å². The third-order valence-electron chi connectivity index (χ3n) is 1.17. The van der Waals surface area contributed by atoms with E-state index in [0.29, 0.717) is 3.57 Å². The number of nitriles is 1. The Balaban J connectivity index is 2.97. The molecule has 3 nitrogen and oxygen atoms in total. The number of rotatable bonds is 1. The van der Waals surface area contributed by atoms with Gasteiger partial charge in [-0.05, 0) is 22.6 Å². The van der Waals surface area contributed by atoms with Gasteiger partial charge in [0.1, 0.15) is 6.07 Å². The number of hydrogen-bond donors (Lipinski definition) is 0. The fourth-order valence-electron chi connectivity index (χ4n) is 0.680. The second-order valence-corrected chi connectivity index (χ2v) is 3.32. The van der Waals surface area contributed by atoms with Gasteiger partial charge >= 0.3 is 6.36 Å². The minimum atomic E-state index is -4.79. The minimum Gasteiger partial charge on any atom is -0.388 e. The Labute approximate surface area is 90.6 Å². The molecule has 1 aromatic heterocycles. The molecular weight excluding hydrogens is 312 g/mol. The number of hydrogen-bond acceptors (Lipinski definition) is 3. The van der Waals surface area contributed by atoms with Gasteiger partial charge in [0.05, 0.1) is 5.56 Å². The summed E-state index contributed by atoms with van der Waals surface area (Å²) >= 11 is 1.79. The van der Waals surface area contributed by atoms with E-state index in [9.17, 15) is 13.2 Å². The lowest BCUT2D eigenvalue weighted by Gasteiger charge is -2.07. The topological polar surface area (TPSA) is 45.9 Å². The molecule has 7 heteroatoms. The largest absolute Gasteiger partial charge is 0.574 e. The van der Waals surface area contributed by atoms with Gasteiger partial charge in [-0.2, -0.15) is 5.26 Å². The fraction of sp³-hybridized carbons (Fsp3) is 0.143. The zero-order valence-corrected chi connectivity index (χ0v) is 8.63. The second kappa shape index (κ2) is 4.00. The van der Waals surface area contributed by atoms with Crippen LogP contribution in [0.2, 0.25) is 0 Å². The maximum atomic E-state index is 11.7. The zero-order chi connectivity index (χ0) is 10.8. The van der Waals surface area contributed by atoms with E-state index < -0.39 is 12.2 Å². The number of alkyl halides is 3. The van der Waals surface area contributed by atoms with Crippen LogP contribution in [-0.4, -0.2) is 11.3 Å². The number of pyridine rings is 1. The van der Waals surface area contributed by atoms with E-state index in [2.05, 4.69) is 9.72 Å². The molecule has 14 heavy (non-hydrogen) atoms. The first-order chi connectivity index (χ1) is 6.42. The highest BCUT2D eigenvalue weighted by Crippen LogP contribution is 2.22. The summed E-state index contributed by atoms with van der Waals surface area (Å²) in [6.07, 6.45) is -3.65. The lowest BCUT2D eigenvalue weighted by Crippen LogP contribution is -2.18. The highest BCUT2D eigenvalue weighted by atomic mass is 127. The van der Waals surface area contributed by atoms with Gasteiger partial charge in [-0.15, -0.1) is 13.2 Å². The van der Waals surface area contributed by atoms with Gasteiger partial charge in [-0.25, -0.2) is 4.98 Å². The highest BCUT2D eigenvalue weighted by Gasteiger charge is 2.31. The minimum absolute atomic E-state index is 0.0971. The molecule has 0 saturated heterocycles. The first kappa shape index (κ1) is 11.0. The average Bonchev–Trinajstić information content (AvgIpc) is 2.06. The molecule has 0 aliphatic rings. The predicted octanol–water partition coefficient (Wildman–Crippen LogP) is 2.46. The monoisotopic (exact) mass is 314 g/mol. The molecule has 0 spiro atoms. The van der Waals surface area contributed by atoms with Crippen LogP contribution in [0, 0.1) is 14.9 Å². The summed E-state index contributed by atoms with van der Waals surface area (Å²) in [6.45, 7) is 0. The summed E-state index contributed by atoms with van der Waals surface area (Å²) in [4.78, 5) is 3.37. The molecule has 0 aromatic carbocycles. The summed E-state index contributed by atoms with van der Waals surface area (Å²) < 4.78 is 39.2. The normalized spacial score (nSPS) is 10.8. The zero-order valence-electron chi connectivity index (χ0n) is 6.47. The third-order valence-corrected chi connectivity index (χ3v) is 2.03. The van der Waals surface area contributed by atoms with Crippen LogP contribution in [0.4, 0.5) is 13.2 Å². The molecule has 0 bridgehead atoms. The van der Waals surface area contributed by atoms with Crippen LogP contribution >= 0.6 is 22.6 Å². The number of nitrogens with zero attached hydrogens (tertiary/aromatic N) is 2. The molecule has 0 radical (unpaired) electrons. The van der Waals surface area contributed by atoms with Crippen LogP contribution in [0.25, 0.3) is 0 Å². The van der Waals surface area contributed by atoms with Gasteiger partial charge in [0.25, 0.3) is 0 Å². The van der Waals surface area contributed by atoms with E-state index in [1.165, 1.54) is 0 Å². The summed E-state index contributed by atoms with van der Waals surface area (Å²) in [5.41, 5.74) is 0.0971. The lowest BCUT2D eigenvalue weighted by molar-refractivity contribution is -0.276. The summed E-state index contributed by atoms with van der Waals surface area (Å²) in [7, 11) is 0. The Hall–Kier alpha value is -1.04. The van der Waals surface area contributed by atoms with E-state index in [1.54, 1.807) is 28.7 Å². The van der Waals surface area contributed by atoms with E-state index in [4.69, 9.17) is 5.26 Å². The van der Waals surface area contributed by atoms with Crippen molar-refractivity contribution in [3.8, 4) is 11.9 Å². The van der Waals surface area contributed by atoms with Crippen LogP contribution in [0.15, 0.2) is 12.3 Å². The first-order valence-electron chi connectivity index (χ1n) is 3.24. The van der Waals surface area contributed by atoms with Crippen molar-refractivity contribution >= 4 is 22.6 Å². The van der Waals surface area contributed by atoms with E-state index in [0.717, 1.165) is 12.3 Å². The predicted molar refractivity (Wildman–Crippen MR) is 48.4 cm³/mol. The lowest BCUT2D eigenvalue weighted by atomic mass is 10.3. The Kier molecular flexibility index (Phi) is 3.15. The smallest absolute Gasteiger partial charge is 0.388 e. The molecule has 0 atom stereocenters. The molecule has 1 rings (SSSR count). The summed E-state index contributed by atoms with van der Waals surface area (Å²) in [5, 5.41) is 8.52. The van der Waals surface area contributed by atoms with Crippen molar-refractivity contribution in [2.45, 2.75) is 6.36 Å².